The zero-order chi connectivity index (χ0) is 23.8. The van der Waals surface area contributed by atoms with Gasteiger partial charge in [0, 0.05) is 29.6 Å². The summed E-state index contributed by atoms with van der Waals surface area (Å²) in [7, 11) is 1.57. The molecule has 0 fully saturated rings. The first-order chi connectivity index (χ1) is 15.7. The Morgan fingerprint density at radius 2 is 1.88 bits per heavy atom. The molecule has 4 rings (SSSR count). The Labute approximate surface area is 188 Å². The fourth-order valence-electron chi connectivity index (χ4n) is 3.42. The van der Waals surface area contributed by atoms with Crippen LogP contribution in [0.3, 0.4) is 0 Å². The molecule has 10 heteroatoms. The van der Waals surface area contributed by atoms with Gasteiger partial charge in [0.25, 0.3) is 0 Å². The number of hydrogen-bond acceptors (Lipinski definition) is 5. The number of ether oxygens (including phenoxy) is 1. The number of aryl methyl sites for hydroxylation is 1. The summed E-state index contributed by atoms with van der Waals surface area (Å²) in [6, 6.07) is 10.5. The first kappa shape index (κ1) is 22.4. The summed E-state index contributed by atoms with van der Waals surface area (Å²) in [6.45, 7) is 5.68. The average Bonchev–Trinajstić information content (AvgIpc) is 3.39. The number of rotatable bonds is 6. The highest BCUT2D eigenvalue weighted by molar-refractivity contribution is 5.64. The molecule has 0 aliphatic heterocycles. The Morgan fingerprint density at radius 1 is 1.09 bits per heavy atom. The fourth-order valence-corrected chi connectivity index (χ4v) is 3.42. The SMILES string of the molecule is COc1cc(Nc2nc(-c3cccc(C(F)(F)F)c3)n(C(C)C)n2)ccc1-n1cnc(C)c1. The maximum absolute atomic E-state index is 13.2. The summed E-state index contributed by atoms with van der Waals surface area (Å²) in [5, 5.41) is 7.59. The largest absolute Gasteiger partial charge is 0.494 e. The summed E-state index contributed by atoms with van der Waals surface area (Å²) in [5.41, 5.74) is 1.97. The third-order valence-electron chi connectivity index (χ3n) is 4.99. The van der Waals surface area contributed by atoms with Gasteiger partial charge in [0.2, 0.25) is 5.95 Å². The molecule has 0 saturated carbocycles. The summed E-state index contributed by atoms with van der Waals surface area (Å²) in [4.78, 5) is 8.71. The Kier molecular flexibility index (Phi) is 5.84. The van der Waals surface area contributed by atoms with Gasteiger partial charge in [0.15, 0.2) is 5.82 Å². The van der Waals surface area contributed by atoms with Crippen LogP contribution in [-0.2, 0) is 6.18 Å². The minimum atomic E-state index is -4.44. The van der Waals surface area contributed by atoms with E-state index in [9.17, 15) is 13.2 Å². The van der Waals surface area contributed by atoms with Gasteiger partial charge in [0.1, 0.15) is 5.75 Å². The van der Waals surface area contributed by atoms with Gasteiger partial charge in [-0.15, -0.1) is 5.10 Å². The molecule has 7 nitrogen and oxygen atoms in total. The van der Waals surface area contributed by atoms with Crippen LogP contribution in [-0.4, -0.2) is 31.4 Å². The van der Waals surface area contributed by atoms with Crippen molar-refractivity contribution in [3.8, 4) is 22.8 Å². The lowest BCUT2D eigenvalue weighted by molar-refractivity contribution is -0.137. The highest BCUT2D eigenvalue weighted by atomic mass is 19.4. The minimum Gasteiger partial charge on any atom is -0.494 e. The molecular weight excluding hydrogens is 433 g/mol. The zero-order valence-corrected chi connectivity index (χ0v) is 18.6. The molecule has 0 radical (unpaired) electrons. The van der Waals surface area contributed by atoms with Crippen molar-refractivity contribution < 1.29 is 17.9 Å². The van der Waals surface area contributed by atoms with Crippen molar-refractivity contribution in [2.75, 3.05) is 12.4 Å². The Hall–Kier alpha value is -3.82. The van der Waals surface area contributed by atoms with E-state index < -0.39 is 11.7 Å². The number of nitrogens with one attached hydrogen (secondary N) is 1. The van der Waals surface area contributed by atoms with E-state index in [0.29, 0.717) is 22.8 Å². The van der Waals surface area contributed by atoms with Crippen LogP contribution in [0.4, 0.5) is 24.8 Å². The maximum atomic E-state index is 13.2. The van der Waals surface area contributed by atoms with Gasteiger partial charge in [-0.25, -0.2) is 9.67 Å². The normalized spacial score (nSPS) is 11.8. The quantitative estimate of drug-likeness (QED) is 0.398. The Morgan fingerprint density at radius 3 is 2.52 bits per heavy atom. The van der Waals surface area contributed by atoms with Crippen molar-refractivity contribution >= 4 is 11.6 Å². The van der Waals surface area contributed by atoms with Gasteiger partial charge in [0.05, 0.1) is 30.4 Å². The van der Waals surface area contributed by atoms with E-state index in [0.717, 1.165) is 23.5 Å². The second-order valence-electron chi connectivity index (χ2n) is 7.81. The van der Waals surface area contributed by atoms with Crippen molar-refractivity contribution in [3.63, 3.8) is 0 Å². The number of methoxy groups -OCH3 is 1. The number of aromatic nitrogens is 5. The van der Waals surface area contributed by atoms with Gasteiger partial charge in [-0.2, -0.15) is 18.2 Å². The van der Waals surface area contributed by atoms with E-state index >= 15 is 0 Å². The van der Waals surface area contributed by atoms with E-state index in [1.54, 1.807) is 30.3 Å². The van der Waals surface area contributed by atoms with Crippen LogP contribution in [0.15, 0.2) is 55.0 Å². The maximum Gasteiger partial charge on any atom is 0.416 e. The molecule has 0 aliphatic carbocycles. The number of anilines is 2. The van der Waals surface area contributed by atoms with Crippen molar-refractivity contribution in [1.29, 1.82) is 0 Å². The predicted molar refractivity (Wildman–Crippen MR) is 119 cm³/mol. The summed E-state index contributed by atoms with van der Waals surface area (Å²) in [6.07, 6.45) is -0.850. The lowest BCUT2D eigenvalue weighted by atomic mass is 10.1. The third kappa shape index (κ3) is 4.69. The summed E-state index contributed by atoms with van der Waals surface area (Å²) in [5.74, 6) is 1.22. The molecule has 0 unspecified atom stereocenters. The van der Waals surface area contributed by atoms with Crippen LogP contribution >= 0.6 is 0 Å². The van der Waals surface area contributed by atoms with Gasteiger partial charge in [-0.3, -0.25) is 0 Å². The lowest BCUT2D eigenvalue weighted by Crippen LogP contribution is -2.07. The Balaban J connectivity index is 1.67. The monoisotopic (exact) mass is 456 g/mol. The number of halogens is 3. The van der Waals surface area contributed by atoms with Crippen molar-refractivity contribution in [1.82, 2.24) is 24.3 Å². The second-order valence-corrected chi connectivity index (χ2v) is 7.81. The van der Waals surface area contributed by atoms with Crippen molar-refractivity contribution in [2.24, 2.45) is 0 Å². The van der Waals surface area contributed by atoms with Gasteiger partial charge in [-0.1, -0.05) is 12.1 Å². The zero-order valence-electron chi connectivity index (χ0n) is 18.6. The number of benzene rings is 2. The third-order valence-corrected chi connectivity index (χ3v) is 4.99. The molecular formula is C23H23F3N6O. The molecule has 0 spiro atoms. The second kappa shape index (κ2) is 8.61. The van der Waals surface area contributed by atoms with Crippen LogP contribution < -0.4 is 10.1 Å². The van der Waals surface area contributed by atoms with Crippen LogP contribution in [0.25, 0.3) is 17.1 Å². The molecule has 4 aromatic rings. The number of hydrogen-bond donors (Lipinski definition) is 1. The van der Waals surface area contributed by atoms with Gasteiger partial charge in [-0.05, 0) is 45.0 Å². The smallest absolute Gasteiger partial charge is 0.416 e. The molecule has 0 bridgehead atoms. The van der Waals surface area contributed by atoms with E-state index in [-0.39, 0.29) is 12.0 Å². The highest BCUT2D eigenvalue weighted by Crippen LogP contribution is 2.33. The Bertz CT molecular complexity index is 1280. The number of nitrogens with zero attached hydrogens (tertiary/aromatic N) is 5. The van der Waals surface area contributed by atoms with Gasteiger partial charge < -0.3 is 14.6 Å². The molecule has 0 saturated heterocycles. The van der Waals surface area contributed by atoms with Crippen molar-refractivity contribution in [2.45, 2.75) is 33.0 Å². The van der Waals surface area contributed by atoms with Gasteiger partial charge >= 0.3 is 6.18 Å². The van der Waals surface area contributed by atoms with Crippen molar-refractivity contribution in [3.05, 3.63) is 66.2 Å². The molecule has 0 atom stereocenters. The number of alkyl halides is 3. The topological polar surface area (TPSA) is 69.8 Å². The van der Waals surface area contributed by atoms with E-state index in [4.69, 9.17) is 4.74 Å². The average molecular weight is 456 g/mol. The molecule has 1 N–H and O–H groups in total. The van der Waals surface area contributed by atoms with Crippen LogP contribution in [0, 0.1) is 6.92 Å². The molecule has 0 amide bonds. The molecule has 33 heavy (non-hydrogen) atoms. The molecule has 0 aliphatic rings. The van der Waals surface area contributed by atoms with Crippen LogP contribution in [0.5, 0.6) is 5.75 Å². The first-order valence-electron chi connectivity index (χ1n) is 10.3. The molecule has 2 aromatic heterocycles. The van der Waals surface area contributed by atoms with E-state index in [1.807, 2.05) is 43.7 Å². The summed E-state index contributed by atoms with van der Waals surface area (Å²) >= 11 is 0. The molecule has 2 aromatic carbocycles. The molecule has 172 valence electrons. The predicted octanol–water partition coefficient (Wildman–Crippen LogP) is 5.79. The van der Waals surface area contributed by atoms with E-state index in [2.05, 4.69) is 20.4 Å². The fraction of sp³-hybridized carbons (Fsp3) is 0.261. The van der Waals surface area contributed by atoms with E-state index in [1.165, 1.54) is 6.07 Å². The van der Waals surface area contributed by atoms with Crippen LogP contribution in [0.1, 0.15) is 31.1 Å². The molecule has 2 heterocycles. The highest BCUT2D eigenvalue weighted by Gasteiger charge is 2.31. The first-order valence-corrected chi connectivity index (χ1v) is 10.3. The summed E-state index contributed by atoms with van der Waals surface area (Å²) < 4.78 is 48.6. The standard InChI is InChI=1S/C23H23F3N6O/c1-14(2)32-21(16-6-5-7-17(10-16)23(24,25)26)29-22(30-32)28-18-8-9-19(20(11-18)33-4)31-12-15(3)27-13-31/h5-14H,1-4H3,(H,28,30). The lowest BCUT2D eigenvalue weighted by Gasteiger charge is -2.11. The van der Waals surface area contributed by atoms with Crippen LogP contribution in [0.2, 0.25) is 0 Å². The minimum absolute atomic E-state index is 0.112. The number of imidazole rings is 1.